The van der Waals surface area contributed by atoms with Gasteiger partial charge in [0.2, 0.25) is 0 Å². The number of anilines is 1. The van der Waals surface area contributed by atoms with Crippen LogP contribution in [0.2, 0.25) is 0 Å². The third-order valence-corrected chi connectivity index (χ3v) is 2.41. The van der Waals surface area contributed by atoms with E-state index in [0.717, 1.165) is 5.57 Å². The van der Waals surface area contributed by atoms with E-state index >= 15 is 0 Å². The number of amides is 1. The number of carbonyl (C=O) groups is 1. The Morgan fingerprint density at radius 2 is 2.21 bits per heavy atom. The van der Waals surface area contributed by atoms with Gasteiger partial charge in [-0.25, -0.2) is 0 Å². The summed E-state index contributed by atoms with van der Waals surface area (Å²) in [5, 5.41) is 2.74. The predicted octanol–water partition coefficient (Wildman–Crippen LogP) is 1.60. The van der Waals surface area contributed by atoms with Crippen LogP contribution in [-0.2, 0) is 4.74 Å². The molecule has 1 aromatic carbocycles. The van der Waals surface area contributed by atoms with Crippen molar-refractivity contribution in [2.75, 3.05) is 32.6 Å². The summed E-state index contributed by atoms with van der Waals surface area (Å²) in [4.78, 5) is 11.9. The quantitative estimate of drug-likeness (QED) is 0.445. The fourth-order valence-corrected chi connectivity index (χ4v) is 1.50. The van der Waals surface area contributed by atoms with E-state index in [1.165, 1.54) is 7.11 Å². The highest BCUT2D eigenvalue weighted by Gasteiger charge is 2.12. The topological polar surface area (TPSA) is 73.6 Å². The molecular weight excluding hydrogens is 244 g/mol. The van der Waals surface area contributed by atoms with Gasteiger partial charge in [0.15, 0.2) is 0 Å². The van der Waals surface area contributed by atoms with E-state index in [0.29, 0.717) is 36.8 Å². The van der Waals surface area contributed by atoms with Gasteiger partial charge in [0, 0.05) is 6.54 Å². The van der Waals surface area contributed by atoms with Crippen molar-refractivity contribution in [3.05, 3.63) is 35.9 Å². The lowest BCUT2D eigenvalue weighted by atomic mass is 10.1. The summed E-state index contributed by atoms with van der Waals surface area (Å²) in [5.74, 6) is 0.251. The number of rotatable bonds is 7. The fourth-order valence-electron chi connectivity index (χ4n) is 1.50. The largest absolute Gasteiger partial charge is 0.495 e. The average molecular weight is 264 g/mol. The lowest BCUT2D eigenvalue weighted by Crippen LogP contribution is -2.28. The summed E-state index contributed by atoms with van der Waals surface area (Å²) in [6, 6.07) is 5.09. The van der Waals surface area contributed by atoms with Crippen molar-refractivity contribution in [2.45, 2.75) is 6.92 Å². The second-order valence-electron chi connectivity index (χ2n) is 4.19. The predicted molar refractivity (Wildman–Crippen MR) is 75.4 cm³/mol. The number of nitrogens with one attached hydrogen (secondary N) is 1. The van der Waals surface area contributed by atoms with Gasteiger partial charge >= 0.3 is 0 Å². The lowest BCUT2D eigenvalue weighted by molar-refractivity contribution is 0.0927. The van der Waals surface area contributed by atoms with Gasteiger partial charge in [0.25, 0.3) is 5.91 Å². The van der Waals surface area contributed by atoms with Crippen LogP contribution < -0.4 is 15.8 Å². The molecule has 0 saturated heterocycles. The van der Waals surface area contributed by atoms with E-state index in [9.17, 15) is 4.79 Å². The molecule has 0 aliphatic carbocycles. The molecule has 0 atom stereocenters. The minimum absolute atomic E-state index is 0.240. The van der Waals surface area contributed by atoms with Gasteiger partial charge in [-0.3, -0.25) is 4.79 Å². The molecule has 0 unspecified atom stereocenters. The summed E-state index contributed by atoms with van der Waals surface area (Å²) >= 11 is 0. The summed E-state index contributed by atoms with van der Waals surface area (Å²) < 4.78 is 10.4. The van der Waals surface area contributed by atoms with E-state index < -0.39 is 0 Å². The Bertz CT molecular complexity index is 458. The molecule has 5 heteroatoms. The molecule has 0 aliphatic rings. The van der Waals surface area contributed by atoms with Gasteiger partial charge < -0.3 is 20.5 Å². The van der Waals surface area contributed by atoms with Crippen LogP contribution in [0, 0.1) is 0 Å². The van der Waals surface area contributed by atoms with Crippen molar-refractivity contribution in [3.8, 4) is 5.75 Å². The first-order valence-corrected chi connectivity index (χ1v) is 5.99. The third kappa shape index (κ3) is 4.63. The number of benzene rings is 1. The highest BCUT2D eigenvalue weighted by atomic mass is 16.5. The number of hydrogen-bond acceptors (Lipinski definition) is 4. The van der Waals surface area contributed by atoms with E-state index in [1.807, 2.05) is 6.92 Å². The van der Waals surface area contributed by atoms with E-state index in [2.05, 4.69) is 11.9 Å². The maximum atomic E-state index is 11.9. The number of hydrogen-bond donors (Lipinski definition) is 2. The van der Waals surface area contributed by atoms with Gasteiger partial charge in [0.05, 0.1) is 31.6 Å². The van der Waals surface area contributed by atoms with Crippen LogP contribution in [0.25, 0.3) is 0 Å². The van der Waals surface area contributed by atoms with Gasteiger partial charge in [-0.1, -0.05) is 18.2 Å². The normalized spacial score (nSPS) is 10.0. The molecule has 1 amide bonds. The molecule has 5 nitrogen and oxygen atoms in total. The molecule has 104 valence electrons. The summed E-state index contributed by atoms with van der Waals surface area (Å²) in [6.45, 7) is 6.96. The monoisotopic (exact) mass is 264 g/mol. The van der Waals surface area contributed by atoms with Crippen LogP contribution >= 0.6 is 0 Å². The van der Waals surface area contributed by atoms with Crippen molar-refractivity contribution < 1.29 is 14.3 Å². The van der Waals surface area contributed by atoms with Crippen molar-refractivity contribution in [1.29, 1.82) is 0 Å². The SMILES string of the molecule is C=C(C)COCCNC(=O)c1cccc(OC)c1N. The Balaban J connectivity index is 2.48. The first-order valence-electron chi connectivity index (χ1n) is 5.99. The van der Waals surface area contributed by atoms with Crippen LogP contribution in [0.15, 0.2) is 30.4 Å². The maximum Gasteiger partial charge on any atom is 0.253 e. The number of methoxy groups -OCH3 is 1. The molecule has 0 bridgehead atoms. The van der Waals surface area contributed by atoms with Crippen molar-refractivity contribution in [2.24, 2.45) is 0 Å². The van der Waals surface area contributed by atoms with Crippen molar-refractivity contribution in [3.63, 3.8) is 0 Å². The molecular formula is C14H20N2O3. The number of para-hydroxylation sites is 1. The second kappa shape index (κ2) is 7.43. The van der Waals surface area contributed by atoms with Crippen LogP contribution in [0.5, 0.6) is 5.75 Å². The molecule has 3 N–H and O–H groups in total. The van der Waals surface area contributed by atoms with E-state index in [1.54, 1.807) is 18.2 Å². The zero-order valence-corrected chi connectivity index (χ0v) is 11.4. The Morgan fingerprint density at radius 3 is 2.84 bits per heavy atom. The Kier molecular flexibility index (Phi) is 5.89. The van der Waals surface area contributed by atoms with E-state index in [-0.39, 0.29) is 5.91 Å². The zero-order chi connectivity index (χ0) is 14.3. The van der Waals surface area contributed by atoms with E-state index in [4.69, 9.17) is 15.2 Å². The molecule has 0 heterocycles. The lowest BCUT2D eigenvalue weighted by Gasteiger charge is -2.10. The molecule has 1 aromatic rings. The van der Waals surface area contributed by atoms with Crippen molar-refractivity contribution >= 4 is 11.6 Å². The molecule has 0 spiro atoms. The minimum atomic E-state index is -0.240. The standard InChI is InChI=1S/C14H20N2O3/c1-10(2)9-19-8-7-16-14(17)11-5-4-6-12(18-3)13(11)15/h4-6H,1,7-9,15H2,2-3H3,(H,16,17). The van der Waals surface area contributed by atoms with Crippen LogP contribution in [-0.4, -0.2) is 32.8 Å². The molecule has 1 rings (SSSR count). The van der Waals surface area contributed by atoms with Gasteiger partial charge in [-0.2, -0.15) is 0 Å². The first-order chi connectivity index (χ1) is 9.06. The smallest absolute Gasteiger partial charge is 0.253 e. The zero-order valence-electron chi connectivity index (χ0n) is 11.4. The van der Waals surface area contributed by atoms with Crippen molar-refractivity contribution in [1.82, 2.24) is 5.32 Å². The number of carbonyl (C=O) groups excluding carboxylic acids is 1. The molecule has 19 heavy (non-hydrogen) atoms. The maximum absolute atomic E-state index is 11.9. The Hall–Kier alpha value is -2.01. The number of ether oxygens (including phenoxy) is 2. The highest BCUT2D eigenvalue weighted by Crippen LogP contribution is 2.24. The second-order valence-corrected chi connectivity index (χ2v) is 4.19. The number of nitrogen functional groups attached to an aromatic ring is 1. The molecule has 0 saturated carbocycles. The Morgan fingerprint density at radius 1 is 1.47 bits per heavy atom. The van der Waals surface area contributed by atoms with Gasteiger partial charge in [0.1, 0.15) is 5.75 Å². The average Bonchev–Trinajstić information content (AvgIpc) is 2.38. The van der Waals surface area contributed by atoms with Crippen LogP contribution in [0.4, 0.5) is 5.69 Å². The molecule has 0 radical (unpaired) electrons. The van der Waals surface area contributed by atoms with Gasteiger partial charge in [-0.15, -0.1) is 0 Å². The first kappa shape index (κ1) is 15.0. The third-order valence-electron chi connectivity index (χ3n) is 2.41. The highest BCUT2D eigenvalue weighted by molar-refractivity contribution is 6.00. The Labute approximate surface area is 113 Å². The summed E-state index contributed by atoms with van der Waals surface area (Å²) in [6.07, 6.45) is 0. The molecule has 0 aromatic heterocycles. The summed E-state index contributed by atoms with van der Waals surface area (Å²) in [7, 11) is 1.51. The molecule has 0 fully saturated rings. The molecule has 0 aliphatic heterocycles. The fraction of sp³-hybridized carbons (Fsp3) is 0.357. The van der Waals surface area contributed by atoms with Crippen LogP contribution in [0.3, 0.4) is 0 Å². The summed E-state index contributed by atoms with van der Waals surface area (Å²) in [5.41, 5.74) is 7.52. The number of nitrogens with two attached hydrogens (primary N) is 1. The minimum Gasteiger partial charge on any atom is -0.495 e. The van der Waals surface area contributed by atoms with Gasteiger partial charge in [-0.05, 0) is 19.1 Å². The van der Waals surface area contributed by atoms with Crippen LogP contribution in [0.1, 0.15) is 17.3 Å².